The number of rotatable bonds is 6. The van der Waals surface area contributed by atoms with Crippen LogP contribution in [-0.2, 0) is 17.8 Å². The number of aliphatic carboxylic acids is 1. The topological polar surface area (TPSA) is 71.5 Å². The largest absolute Gasteiger partial charge is 0.494 e. The Balaban J connectivity index is 1.47. The van der Waals surface area contributed by atoms with Crippen LogP contribution in [0.15, 0.2) is 42.5 Å². The molecular formula is C28H38N2O5. The van der Waals surface area contributed by atoms with Crippen LogP contribution in [0.4, 0.5) is 0 Å². The minimum absolute atomic E-state index is 0.390. The number of aryl methyl sites for hydroxylation is 1. The van der Waals surface area contributed by atoms with Gasteiger partial charge in [0, 0.05) is 32.2 Å². The maximum absolute atomic E-state index is 11.0. The molecular weight excluding hydrogens is 444 g/mol. The van der Waals surface area contributed by atoms with Gasteiger partial charge in [0.25, 0.3) is 0 Å². The summed E-state index contributed by atoms with van der Waals surface area (Å²) in [6, 6.07) is 15.0. The second kappa shape index (κ2) is 12.8. The molecule has 1 unspecified atom stereocenters. The molecule has 2 heterocycles. The van der Waals surface area contributed by atoms with Gasteiger partial charge in [-0.3, -0.25) is 9.80 Å². The molecule has 0 amide bonds. The second-order valence-electron chi connectivity index (χ2n) is 9.52. The number of carboxylic acids is 1. The lowest BCUT2D eigenvalue weighted by Crippen LogP contribution is -2.44. The van der Waals surface area contributed by atoms with Gasteiger partial charge in [0.15, 0.2) is 18.1 Å². The summed E-state index contributed by atoms with van der Waals surface area (Å²) in [6.07, 6.45) is 7.09. The van der Waals surface area contributed by atoms with E-state index in [2.05, 4.69) is 34.1 Å². The Hall–Kier alpha value is -2.77. The third-order valence-corrected chi connectivity index (χ3v) is 6.99. The van der Waals surface area contributed by atoms with Crippen molar-refractivity contribution in [3.05, 3.63) is 53.6 Å². The van der Waals surface area contributed by atoms with E-state index >= 15 is 0 Å². The predicted molar refractivity (Wildman–Crippen MR) is 135 cm³/mol. The molecule has 2 aromatic rings. The van der Waals surface area contributed by atoms with Crippen molar-refractivity contribution in [3.8, 4) is 17.2 Å². The molecule has 1 atom stereocenters. The summed E-state index contributed by atoms with van der Waals surface area (Å²) in [6.45, 7) is 5.21. The first kappa shape index (κ1) is 25.3. The van der Waals surface area contributed by atoms with Gasteiger partial charge in [-0.05, 0) is 74.0 Å². The number of nitrogens with zero attached hydrogens (tertiary/aromatic N) is 2. The van der Waals surface area contributed by atoms with Gasteiger partial charge in [-0.1, -0.05) is 24.6 Å². The van der Waals surface area contributed by atoms with Crippen LogP contribution in [0.1, 0.15) is 43.2 Å². The van der Waals surface area contributed by atoms with Crippen LogP contribution < -0.4 is 14.2 Å². The van der Waals surface area contributed by atoms with E-state index in [1.807, 2.05) is 18.2 Å². The Bertz CT molecular complexity index is 966. The quantitative estimate of drug-likeness (QED) is 0.661. The van der Waals surface area contributed by atoms with Gasteiger partial charge in [0.1, 0.15) is 5.75 Å². The predicted octanol–water partition coefficient (Wildman–Crippen LogP) is 4.23. The molecule has 0 aromatic heterocycles. The minimum atomic E-state index is -1.01. The van der Waals surface area contributed by atoms with Crippen molar-refractivity contribution in [2.45, 2.75) is 51.1 Å². The molecule has 0 spiro atoms. The van der Waals surface area contributed by atoms with Gasteiger partial charge >= 0.3 is 5.97 Å². The summed E-state index contributed by atoms with van der Waals surface area (Å²) < 4.78 is 16.9. The Morgan fingerprint density at radius 1 is 1.03 bits per heavy atom. The number of methoxy groups -OCH3 is 1. The monoisotopic (exact) mass is 482 g/mol. The molecule has 7 heteroatoms. The van der Waals surface area contributed by atoms with Gasteiger partial charge in [0.2, 0.25) is 0 Å². The number of carbonyl (C=O) groups is 1. The highest BCUT2D eigenvalue weighted by Crippen LogP contribution is 2.29. The number of fused-ring (bicyclic) bond motifs is 3. The average Bonchev–Trinajstić information content (AvgIpc) is 2.87. The smallest absolute Gasteiger partial charge is 0.341 e. The number of hydrogen-bond donors (Lipinski definition) is 1. The van der Waals surface area contributed by atoms with E-state index in [0.717, 1.165) is 50.3 Å². The second-order valence-corrected chi connectivity index (χ2v) is 9.52. The average molecular weight is 483 g/mol. The Labute approximate surface area is 208 Å². The van der Waals surface area contributed by atoms with Gasteiger partial charge in [-0.2, -0.15) is 0 Å². The van der Waals surface area contributed by atoms with Crippen molar-refractivity contribution < 1.29 is 24.1 Å². The first-order valence-corrected chi connectivity index (χ1v) is 12.8. The number of hydrogen-bond acceptors (Lipinski definition) is 6. The summed E-state index contributed by atoms with van der Waals surface area (Å²) in [5.74, 6) is 0.965. The maximum Gasteiger partial charge on any atom is 0.341 e. The molecule has 7 nitrogen and oxygen atoms in total. The van der Waals surface area contributed by atoms with Crippen molar-refractivity contribution in [1.82, 2.24) is 9.80 Å². The lowest BCUT2D eigenvalue weighted by atomic mass is 9.95. The fourth-order valence-electron chi connectivity index (χ4n) is 5.15. The van der Waals surface area contributed by atoms with E-state index in [9.17, 15) is 4.79 Å². The number of benzene rings is 2. The van der Waals surface area contributed by atoms with Crippen LogP contribution in [0, 0.1) is 0 Å². The van der Waals surface area contributed by atoms with Crippen molar-refractivity contribution in [2.24, 2.45) is 0 Å². The van der Waals surface area contributed by atoms with Gasteiger partial charge in [0.05, 0.1) is 13.7 Å². The molecule has 0 aliphatic carbocycles. The SMILES string of the molecule is COc1ccc(CN2CCCOc3cccc(c3)CCC3CCCCN3CC2)cc1OCC(=O)O. The molecule has 4 rings (SSSR count). The molecule has 1 saturated heterocycles. The van der Waals surface area contributed by atoms with Crippen molar-refractivity contribution in [1.29, 1.82) is 0 Å². The van der Waals surface area contributed by atoms with E-state index in [4.69, 9.17) is 19.3 Å². The Morgan fingerprint density at radius 2 is 1.94 bits per heavy atom. The summed E-state index contributed by atoms with van der Waals surface area (Å²) in [7, 11) is 1.56. The molecule has 0 saturated carbocycles. The first-order valence-electron chi connectivity index (χ1n) is 12.8. The molecule has 35 heavy (non-hydrogen) atoms. The number of carboxylic acid groups (broad SMARTS) is 1. The number of ether oxygens (including phenoxy) is 3. The normalized spacial score (nSPS) is 20.2. The maximum atomic E-state index is 11.0. The van der Waals surface area contributed by atoms with E-state index < -0.39 is 12.6 Å². The summed E-state index contributed by atoms with van der Waals surface area (Å²) in [4.78, 5) is 16.1. The molecule has 190 valence electrons. The van der Waals surface area contributed by atoms with Crippen LogP contribution in [0.25, 0.3) is 0 Å². The third-order valence-electron chi connectivity index (χ3n) is 6.99. The molecule has 2 aliphatic heterocycles. The number of piperidine rings is 1. The van der Waals surface area contributed by atoms with Gasteiger partial charge in [-0.25, -0.2) is 4.79 Å². The molecule has 1 N–H and O–H groups in total. The van der Waals surface area contributed by atoms with E-state index in [1.165, 1.54) is 37.8 Å². The van der Waals surface area contributed by atoms with Gasteiger partial charge < -0.3 is 19.3 Å². The zero-order valence-electron chi connectivity index (χ0n) is 20.8. The van der Waals surface area contributed by atoms with Crippen molar-refractivity contribution in [3.63, 3.8) is 0 Å². The van der Waals surface area contributed by atoms with E-state index in [1.54, 1.807) is 7.11 Å². The van der Waals surface area contributed by atoms with Crippen LogP contribution in [0.2, 0.25) is 0 Å². The fraction of sp³-hybridized carbons (Fsp3) is 0.536. The van der Waals surface area contributed by atoms with Crippen LogP contribution in [-0.4, -0.2) is 73.4 Å². The van der Waals surface area contributed by atoms with Crippen LogP contribution in [0.3, 0.4) is 0 Å². The van der Waals surface area contributed by atoms with Crippen molar-refractivity contribution in [2.75, 3.05) is 46.5 Å². The fourth-order valence-corrected chi connectivity index (χ4v) is 5.15. The molecule has 2 bridgehead atoms. The van der Waals surface area contributed by atoms with Crippen molar-refractivity contribution >= 4 is 5.97 Å². The third kappa shape index (κ3) is 7.61. The zero-order chi connectivity index (χ0) is 24.5. The highest BCUT2D eigenvalue weighted by molar-refractivity contribution is 5.68. The Morgan fingerprint density at radius 3 is 2.80 bits per heavy atom. The lowest BCUT2D eigenvalue weighted by Gasteiger charge is -2.37. The lowest BCUT2D eigenvalue weighted by molar-refractivity contribution is -0.139. The standard InChI is InChI=1S/C28H38N2O5/c1-33-26-12-10-23(19-27(26)35-21-28(31)32)20-29-13-5-17-34-25-8-4-6-22(18-25)9-11-24-7-2-3-14-30(24)16-15-29/h4,6,8,10,12,18-19,24H,2-3,5,7,9,11,13-17,20-21H2,1H3,(H,31,32). The summed E-state index contributed by atoms with van der Waals surface area (Å²) in [5, 5.41) is 9.00. The molecule has 2 aliphatic rings. The van der Waals surface area contributed by atoms with E-state index in [0.29, 0.717) is 24.1 Å². The molecule has 2 aromatic carbocycles. The zero-order valence-corrected chi connectivity index (χ0v) is 20.8. The Kier molecular flexibility index (Phi) is 9.26. The summed E-state index contributed by atoms with van der Waals surface area (Å²) in [5.41, 5.74) is 2.45. The molecule has 0 radical (unpaired) electrons. The molecule has 1 fully saturated rings. The van der Waals surface area contributed by atoms with Crippen LogP contribution in [0.5, 0.6) is 17.2 Å². The first-order chi connectivity index (χ1) is 17.1. The highest BCUT2D eigenvalue weighted by Gasteiger charge is 2.23. The highest BCUT2D eigenvalue weighted by atomic mass is 16.5. The van der Waals surface area contributed by atoms with Gasteiger partial charge in [-0.15, -0.1) is 0 Å². The van der Waals surface area contributed by atoms with Crippen LogP contribution >= 0.6 is 0 Å². The van der Waals surface area contributed by atoms with E-state index in [-0.39, 0.29) is 0 Å². The minimum Gasteiger partial charge on any atom is -0.494 e. The summed E-state index contributed by atoms with van der Waals surface area (Å²) >= 11 is 0.